The number of furan rings is 2. The smallest absolute Gasteiger partial charge is 0.263 e. The molecule has 0 aliphatic carbocycles. The number of hydrogen-bond acceptors (Lipinski definition) is 3. The molecule has 0 saturated carbocycles. The van der Waals surface area contributed by atoms with Gasteiger partial charge < -0.3 is 8.83 Å². The molecule has 0 amide bonds. The number of carbonyl (C=O) groups is 1. The van der Waals surface area contributed by atoms with Crippen LogP contribution in [0, 0.1) is 6.92 Å². The molecule has 2 heterocycles. The van der Waals surface area contributed by atoms with Crippen LogP contribution in [0.15, 0.2) is 45.2 Å². The van der Waals surface area contributed by atoms with Gasteiger partial charge in [0.25, 0.3) is 5.78 Å². The molecular formula is C14H9ClO3. The van der Waals surface area contributed by atoms with Crippen LogP contribution in [0.3, 0.4) is 0 Å². The molecule has 1 aromatic carbocycles. The maximum atomic E-state index is 12.1. The number of rotatable bonds is 2. The summed E-state index contributed by atoms with van der Waals surface area (Å²) in [5, 5.41) is 1.08. The average Bonchev–Trinajstić information content (AvgIpc) is 2.95. The van der Waals surface area contributed by atoms with E-state index in [4.69, 9.17) is 20.4 Å². The fourth-order valence-electron chi connectivity index (χ4n) is 1.88. The second-order valence-electron chi connectivity index (χ2n) is 4.04. The Hall–Kier alpha value is -2.00. The summed E-state index contributed by atoms with van der Waals surface area (Å²) in [6, 6.07) is 10.5. The molecule has 0 unspecified atom stereocenters. The lowest BCUT2D eigenvalue weighted by molar-refractivity contribution is 0.0985. The number of hydrogen-bond donors (Lipinski definition) is 0. The number of aryl methyl sites for hydroxylation is 1. The lowest BCUT2D eigenvalue weighted by Crippen LogP contribution is -1.96. The van der Waals surface area contributed by atoms with Gasteiger partial charge in [-0.1, -0.05) is 18.2 Å². The van der Waals surface area contributed by atoms with Crippen molar-refractivity contribution in [1.82, 2.24) is 0 Å². The van der Waals surface area contributed by atoms with Crippen LogP contribution >= 0.6 is 11.6 Å². The molecule has 0 atom stereocenters. The topological polar surface area (TPSA) is 43.4 Å². The molecule has 0 N–H and O–H groups in total. The quantitative estimate of drug-likeness (QED) is 0.648. The van der Waals surface area contributed by atoms with Gasteiger partial charge in [-0.15, -0.1) is 0 Å². The summed E-state index contributed by atoms with van der Waals surface area (Å²) in [5.74, 6) is 0.125. The first-order valence-electron chi connectivity index (χ1n) is 5.44. The van der Waals surface area contributed by atoms with Crippen molar-refractivity contribution in [3.63, 3.8) is 0 Å². The third-order valence-corrected chi connectivity index (χ3v) is 2.96. The highest BCUT2D eigenvalue weighted by Crippen LogP contribution is 2.25. The summed E-state index contributed by atoms with van der Waals surface area (Å²) in [5.41, 5.74) is 1.71. The molecule has 0 aliphatic rings. The molecule has 0 radical (unpaired) electrons. The van der Waals surface area contributed by atoms with Gasteiger partial charge in [0.05, 0.1) is 0 Å². The van der Waals surface area contributed by atoms with Gasteiger partial charge >= 0.3 is 0 Å². The van der Waals surface area contributed by atoms with Crippen molar-refractivity contribution < 1.29 is 13.6 Å². The highest BCUT2D eigenvalue weighted by Gasteiger charge is 2.18. The Morgan fingerprint density at radius 3 is 2.61 bits per heavy atom. The predicted octanol–water partition coefficient (Wildman–Crippen LogP) is 4.22. The van der Waals surface area contributed by atoms with Crippen LogP contribution < -0.4 is 0 Å². The number of carbonyl (C=O) groups excluding carboxylic acids is 1. The molecule has 0 saturated heterocycles. The van der Waals surface area contributed by atoms with Crippen molar-refractivity contribution in [1.29, 1.82) is 0 Å². The Morgan fingerprint density at radius 2 is 1.94 bits per heavy atom. The normalized spacial score (nSPS) is 11.0. The first-order chi connectivity index (χ1) is 8.65. The van der Waals surface area contributed by atoms with Crippen molar-refractivity contribution in [3.05, 3.63) is 58.7 Å². The number of halogens is 1. The number of fused-ring (bicyclic) bond motifs is 1. The molecule has 0 bridgehead atoms. The zero-order valence-electron chi connectivity index (χ0n) is 9.57. The third-order valence-electron chi connectivity index (χ3n) is 2.76. The van der Waals surface area contributed by atoms with Crippen molar-refractivity contribution in [3.8, 4) is 0 Å². The lowest BCUT2D eigenvalue weighted by Gasteiger charge is -1.92. The third kappa shape index (κ3) is 1.73. The van der Waals surface area contributed by atoms with Gasteiger partial charge in [0.15, 0.2) is 16.7 Å². The summed E-state index contributed by atoms with van der Waals surface area (Å²) in [6.07, 6.45) is 0. The Balaban J connectivity index is 2.10. The standard InChI is InChI=1S/C14H9ClO3/c1-8-3-2-4-9-7-11(18-14(8)9)13(16)10-5-6-12(15)17-10/h2-7H,1H3. The molecule has 3 aromatic rings. The van der Waals surface area contributed by atoms with Crippen LogP contribution in [0.2, 0.25) is 5.22 Å². The largest absolute Gasteiger partial charge is 0.452 e. The molecule has 0 spiro atoms. The summed E-state index contributed by atoms with van der Waals surface area (Å²) < 4.78 is 10.7. The molecular weight excluding hydrogens is 252 g/mol. The fourth-order valence-corrected chi connectivity index (χ4v) is 2.02. The summed E-state index contributed by atoms with van der Waals surface area (Å²) >= 11 is 5.65. The van der Waals surface area contributed by atoms with E-state index in [1.807, 2.05) is 25.1 Å². The Bertz CT molecular complexity index is 736. The molecule has 4 heteroatoms. The van der Waals surface area contributed by atoms with Crippen molar-refractivity contribution in [2.24, 2.45) is 0 Å². The van der Waals surface area contributed by atoms with E-state index >= 15 is 0 Å². The maximum absolute atomic E-state index is 12.1. The molecule has 0 aliphatic heterocycles. The van der Waals surface area contributed by atoms with E-state index in [0.717, 1.165) is 16.5 Å². The van der Waals surface area contributed by atoms with E-state index in [1.165, 1.54) is 12.1 Å². The Morgan fingerprint density at radius 1 is 1.11 bits per heavy atom. The molecule has 0 fully saturated rings. The summed E-state index contributed by atoms with van der Waals surface area (Å²) in [6.45, 7) is 1.93. The predicted molar refractivity (Wildman–Crippen MR) is 68.1 cm³/mol. The fraction of sp³-hybridized carbons (Fsp3) is 0.0714. The first-order valence-corrected chi connectivity index (χ1v) is 5.82. The van der Waals surface area contributed by atoms with Gasteiger partial charge in [0, 0.05) is 5.39 Å². The summed E-state index contributed by atoms with van der Waals surface area (Å²) in [7, 11) is 0. The highest BCUT2D eigenvalue weighted by molar-refractivity contribution is 6.29. The van der Waals surface area contributed by atoms with Gasteiger partial charge in [-0.3, -0.25) is 4.79 Å². The van der Waals surface area contributed by atoms with Crippen LogP contribution in [0.25, 0.3) is 11.0 Å². The van der Waals surface area contributed by atoms with Crippen molar-refractivity contribution >= 4 is 28.4 Å². The summed E-state index contributed by atoms with van der Waals surface area (Å²) in [4.78, 5) is 12.1. The number of benzene rings is 1. The molecule has 3 rings (SSSR count). The SMILES string of the molecule is Cc1cccc2cc(C(=O)c3ccc(Cl)o3)oc12. The second-order valence-corrected chi connectivity index (χ2v) is 4.41. The van der Waals surface area contributed by atoms with Crippen LogP contribution in [0.1, 0.15) is 21.9 Å². The second kappa shape index (κ2) is 4.03. The van der Waals surface area contributed by atoms with Crippen LogP contribution in [0.4, 0.5) is 0 Å². The van der Waals surface area contributed by atoms with Crippen molar-refractivity contribution in [2.45, 2.75) is 6.92 Å². The number of ketones is 1. The van der Waals surface area contributed by atoms with E-state index in [2.05, 4.69) is 0 Å². The minimum absolute atomic E-state index is 0.178. The first kappa shape index (κ1) is 11.1. The van der Waals surface area contributed by atoms with Gasteiger partial charge in [-0.25, -0.2) is 0 Å². The zero-order valence-corrected chi connectivity index (χ0v) is 10.3. The minimum atomic E-state index is -0.308. The minimum Gasteiger partial charge on any atom is -0.452 e. The van der Waals surface area contributed by atoms with E-state index < -0.39 is 0 Å². The van der Waals surface area contributed by atoms with E-state index in [-0.39, 0.29) is 22.5 Å². The maximum Gasteiger partial charge on any atom is 0.263 e. The van der Waals surface area contributed by atoms with Gasteiger partial charge in [-0.2, -0.15) is 0 Å². The molecule has 2 aromatic heterocycles. The highest BCUT2D eigenvalue weighted by atomic mass is 35.5. The van der Waals surface area contributed by atoms with Crippen LogP contribution in [-0.4, -0.2) is 5.78 Å². The van der Waals surface area contributed by atoms with Crippen LogP contribution in [0.5, 0.6) is 0 Å². The van der Waals surface area contributed by atoms with Gasteiger partial charge in [0.1, 0.15) is 5.58 Å². The van der Waals surface area contributed by atoms with Gasteiger partial charge in [-0.05, 0) is 42.3 Å². The van der Waals surface area contributed by atoms with E-state index in [9.17, 15) is 4.79 Å². The van der Waals surface area contributed by atoms with Gasteiger partial charge in [0.2, 0.25) is 0 Å². The Labute approximate surface area is 108 Å². The van der Waals surface area contributed by atoms with Crippen molar-refractivity contribution in [2.75, 3.05) is 0 Å². The Kier molecular flexibility index (Phi) is 2.49. The molecule has 3 nitrogen and oxygen atoms in total. The zero-order chi connectivity index (χ0) is 12.7. The molecule has 18 heavy (non-hydrogen) atoms. The van der Waals surface area contributed by atoms with E-state index in [1.54, 1.807) is 6.07 Å². The average molecular weight is 261 g/mol. The number of para-hydroxylation sites is 1. The lowest BCUT2D eigenvalue weighted by atomic mass is 10.1. The molecule has 90 valence electrons. The monoisotopic (exact) mass is 260 g/mol. The van der Waals surface area contributed by atoms with E-state index in [0.29, 0.717) is 0 Å². The van der Waals surface area contributed by atoms with Crippen LogP contribution in [-0.2, 0) is 0 Å².